The molecule has 0 aliphatic heterocycles. The maximum Gasteiger partial charge on any atom is 0.242 e. The molecule has 8 amide bonds. The van der Waals surface area contributed by atoms with E-state index >= 15 is 0 Å². The maximum absolute atomic E-state index is 12.4. The largest absolute Gasteiger partial charge is 0.368 e. The Bertz CT molecular complexity index is 956. The fourth-order valence-electron chi connectivity index (χ4n) is 2.63. The van der Waals surface area contributed by atoms with E-state index < -0.39 is 96.6 Å². The topological polar surface area (TPSA) is 273 Å². The summed E-state index contributed by atoms with van der Waals surface area (Å²) in [5.74, 6) is -5.42. The molecular weight excluding hydrogens is 518 g/mol. The van der Waals surface area contributed by atoms with E-state index in [1.807, 2.05) is 0 Å². The van der Waals surface area contributed by atoms with Crippen LogP contribution in [0.1, 0.15) is 41.5 Å². The van der Waals surface area contributed by atoms with Gasteiger partial charge in [0.05, 0.1) is 19.1 Å². The van der Waals surface area contributed by atoms with Crippen LogP contribution in [0.15, 0.2) is 0 Å². The minimum Gasteiger partial charge on any atom is -0.368 e. The molecule has 0 aromatic heterocycles. The van der Waals surface area contributed by atoms with Gasteiger partial charge in [-0.3, -0.25) is 38.4 Å². The minimum absolute atomic E-state index is 0.399. The molecule has 0 heterocycles. The monoisotopic (exact) mass is 557 g/mol. The average Bonchev–Trinajstić information content (AvgIpc) is 2.84. The van der Waals surface area contributed by atoms with Gasteiger partial charge in [-0.1, -0.05) is 0 Å². The minimum atomic E-state index is -1.10. The van der Waals surface area contributed by atoms with Crippen molar-refractivity contribution in [3.05, 3.63) is 0 Å². The number of amides is 8. The Balaban J connectivity index is 4.59. The SMILES string of the molecule is C[C@H](N)C(=O)N[C@@H](C)C(=O)NCC(=O)N[C@@H](C)C(=O)N[C@@H](C)C(=O)N[C@@H](C)C(=O)N[C@@H](C)C(=O)NCC(N)=O. The van der Waals surface area contributed by atoms with Gasteiger partial charge in [-0.25, -0.2) is 0 Å². The number of carbonyl (C=O) groups is 8. The fourth-order valence-corrected chi connectivity index (χ4v) is 2.63. The van der Waals surface area contributed by atoms with E-state index in [2.05, 4.69) is 37.2 Å². The Hall–Kier alpha value is -4.28. The van der Waals surface area contributed by atoms with Gasteiger partial charge in [0, 0.05) is 0 Å². The molecule has 0 radical (unpaired) electrons. The lowest BCUT2D eigenvalue weighted by molar-refractivity contribution is -0.134. The fraction of sp³-hybridized carbons (Fsp3) is 0.636. The van der Waals surface area contributed by atoms with Crippen LogP contribution >= 0.6 is 0 Å². The predicted octanol–water partition coefficient (Wildman–Crippen LogP) is -5.43. The first-order valence-electron chi connectivity index (χ1n) is 12.1. The molecule has 0 saturated heterocycles. The van der Waals surface area contributed by atoms with Crippen molar-refractivity contribution in [2.45, 2.75) is 77.8 Å². The van der Waals surface area contributed by atoms with E-state index in [1.165, 1.54) is 41.5 Å². The van der Waals surface area contributed by atoms with Crippen LogP contribution in [0.4, 0.5) is 0 Å². The van der Waals surface area contributed by atoms with Gasteiger partial charge in [-0.2, -0.15) is 0 Å². The lowest BCUT2D eigenvalue weighted by Crippen LogP contribution is -2.56. The van der Waals surface area contributed by atoms with E-state index in [0.29, 0.717) is 0 Å². The highest BCUT2D eigenvalue weighted by Crippen LogP contribution is 1.93. The van der Waals surface area contributed by atoms with Crippen LogP contribution in [0.3, 0.4) is 0 Å². The van der Waals surface area contributed by atoms with Gasteiger partial charge >= 0.3 is 0 Å². The van der Waals surface area contributed by atoms with E-state index in [-0.39, 0.29) is 0 Å². The summed E-state index contributed by atoms with van der Waals surface area (Å²) in [4.78, 5) is 95.2. The van der Waals surface area contributed by atoms with Crippen molar-refractivity contribution < 1.29 is 38.4 Å². The Kier molecular flexibility index (Phi) is 14.7. The summed E-state index contributed by atoms with van der Waals surface area (Å²) in [5, 5.41) is 16.4. The zero-order valence-electron chi connectivity index (χ0n) is 22.8. The summed E-state index contributed by atoms with van der Waals surface area (Å²) in [6.07, 6.45) is 0. The van der Waals surface area contributed by atoms with Gasteiger partial charge in [0.25, 0.3) is 0 Å². The summed E-state index contributed by atoms with van der Waals surface area (Å²) in [5.41, 5.74) is 10.3. The first-order chi connectivity index (χ1) is 18.0. The molecule has 0 saturated carbocycles. The van der Waals surface area contributed by atoms with Crippen molar-refractivity contribution >= 4 is 47.3 Å². The molecule has 0 aliphatic rings. The zero-order chi connectivity index (χ0) is 30.4. The molecule has 0 fully saturated rings. The van der Waals surface area contributed by atoms with Crippen molar-refractivity contribution in [1.29, 1.82) is 0 Å². The average molecular weight is 558 g/mol. The van der Waals surface area contributed by atoms with Crippen molar-refractivity contribution in [2.24, 2.45) is 11.5 Å². The van der Waals surface area contributed by atoms with Crippen molar-refractivity contribution in [3.8, 4) is 0 Å². The molecule has 11 N–H and O–H groups in total. The van der Waals surface area contributed by atoms with Gasteiger partial charge in [0.1, 0.15) is 30.2 Å². The van der Waals surface area contributed by atoms with E-state index in [1.54, 1.807) is 0 Å². The first-order valence-corrected chi connectivity index (χ1v) is 12.1. The third-order valence-corrected chi connectivity index (χ3v) is 5.05. The summed E-state index contributed by atoms with van der Waals surface area (Å²) in [7, 11) is 0. The standard InChI is InChI=1S/C22H39N9O8/c1-9(23)17(34)28-10(2)19(36)26-8-16(33)27-12(4)20(37)30-14(6)22(39)31-13(5)21(38)29-11(3)18(35)25-7-15(24)32/h9-14H,7-8,23H2,1-6H3,(H2,24,32)(H,25,35)(H,26,36)(H,27,33)(H,28,34)(H,29,38)(H,30,37)(H,31,39)/t9-,10-,11-,12-,13-,14-/m0/s1. The number of hydrogen-bond donors (Lipinski definition) is 9. The molecule has 17 heteroatoms. The van der Waals surface area contributed by atoms with Gasteiger partial charge in [0.15, 0.2) is 0 Å². The molecule has 0 spiro atoms. The number of nitrogens with one attached hydrogen (secondary N) is 7. The second-order valence-corrected chi connectivity index (χ2v) is 8.90. The van der Waals surface area contributed by atoms with E-state index in [4.69, 9.17) is 11.5 Å². The summed E-state index contributed by atoms with van der Waals surface area (Å²) < 4.78 is 0. The van der Waals surface area contributed by atoms with Crippen LogP contribution in [-0.4, -0.2) is 96.6 Å². The van der Waals surface area contributed by atoms with Gasteiger partial charge in [-0.15, -0.1) is 0 Å². The van der Waals surface area contributed by atoms with Crippen LogP contribution in [-0.2, 0) is 38.4 Å². The molecule has 0 aliphatic carbocycles. The normalized spacial score (nSPS) is 15.1. The van der Waals surface area contributed by atoms with Crippen LogP contribution in [0.25, 0.3) is 0 Å². The molecule has 6 atom stereocenters. The first kappa shape index (κ1) is 34.7. The molecule has 0 aromatic rings. The van der Waals surface area contributed by atoms with Gasteiger partial charge < -0.3 is 48.7 Å². The van der Waals surface area contributed by atoms with Crippen LogP contribution in [0.2, 0.25) is 0 Å². The molecule has 17 nitrogen and oxygen atoms in total. The van der Waals surface area contributed by atoms with E-state index in [0.717, 1.165) is 0 Å². The highest BCUT2D eigenvalue weighted by atomic mass is 16.2. The number of hydrogen-bond acceptors (Lipinski definition) is 9. The lowest BCUT2D eigenvalue weighted by Gasteiger charge is -2.21. The van der Waals surface area contributed by atoms with E-state index in [9.17, 15) is 38.4 Å². The summed E-state index contributed by atoms with van der Waals surface area (Å²) in [6, 6.07) is -6.03. The van der Waals surface area contributed by atoms with Gasteiger partial charge in [0.2, 0.25) is 47.3 Å². The van der Waals surface area contributed by atoms with Crippen molar-refractivity contribution in [3.63, 3.8) is 0 Å². The Morgan fingerprint density at radius 3 is 1.15 bits per heavy atom. The molecular formula is C22H39N9O8. The van der Waals surface area contributed by atoms with Crippen molar-refractivity contribution in [1.82, 2.24) is 37.2 Å². The Morgan fingerprint density at radius 1 is 0.487 bits per heavy atom. The highest BCUT2D eigenvalue weighted by Gasteiger charge is 2.25. The number of rotatable bonds is 15. The van der Waals surface area contributed by atoms with Crippen molar-refractivity contribution in [2.75, 3.05) is 13.1 Å². The molecule has 0 aromatic carbocycles. The molecule has 0 rings (SSSR count). The molecule has 220 valence electrons. The highest BCUT2D eigenvalue weighted by molar-refractivity contribution is 5.96. The summed E-state index contributed by atoms with van der Waals surface area (Å²) in [6.45, 7) is 7.41. The third-order valence-electron chi connectivity index (χ3n) is 5.05. The Morgan fingerprint density at radius 2 is 0.795 bits per heavy atom. The van der Waals surface area contributed by atoms with Gasteiger partial charge in [-0.05, 0) is 41.5 Å². The molecule has 39 heavy (non-hydrogen) atoms. The number of carbonyl (C=O) groups excluding carboxylic acids is 8. The smallest absolute Gasteiger partial charge is 0.242 e. The lowest BCUT2D eigenvalue weighted by atomic mass is 10.2. The number of primary amides is 1. The van der Waals surface area contributed by atoms with Crippen LogP contribution < -0.4 is 48.7 Å². The number of nitrogens with two attached hydrogens (primary N) is 2. The quantitative estimate of drug-likeness (QED) is 0.0927. The second-order valence-electron chi connectivity index (χ2n) is 8.90. The second kappa shape index (κ2) is 16.5. The third kappa shape index (κ3) is 13.7. The maximum atomic E-state index is 12.4. The molecule has 0 unspecified atom stereocenters. The summed E-state index contributed by atoms with van der Waals surface area (Å²) >= 11 is 0. The van der Waals surface area contributed by atoms with Crippen LogP contribution in [0.5, 0.6) is 0 Å². The molecule has 0 bridgehead atoms. The zero-order valence-corrected chi connectivity index (χ0v) is 22.8. The predicted molar refractivity (Wildman–Crippen MR) is 137 cm³/mol. The van der Waals surface area contributed by atoms with Crippen LogP contribution in [0, 0.1) is 0 Å². The Labute approximate surface area is 225 Å².